The number of hydrogen-bond acceptors (Lipinski definition) is 3. The Morgan fingerprint density at radius 1 is 0.967 bits per heavy atom. The highest BCUT2D eigenvalue weighted by atomic mass is 79.9. The van der Waals surface area contributed by atoms with Crippen molar-refractivity contribution in [2.24, 2.45) is 0 Å². The van der Waals surface area contributed by atoms with Crippen molar-refractivity contribution in [2.45, 2.75) is 13.8 Å². The molecule has 0 fully saturated rings. The lowest BCUT2D eigenvalue weighted by molar-refractivity contribution is 0.101. The van der Waals surface area contributed by atoms with Crippen LogP contribution in [0.5, 0.6) is 0 Å². The molecule has 0 spiro atoms. The summed E-state index contributed by atoms with van der Waals surface area (Å²) in [6, 6.07) is 19.2. The van der Waals surface area contributed by atoms with Crippen LogP contribution in [-0.4, -0.2) is 20.7 Å². The zero-order valence-electron chi connectivity index (χ0n) is 16.4. The second-order valence-corrected chi connectivity index (χ2v) is 7.79. The molecule has 0 bridgehead atoms. The quantitative estimate of drug-likeness (QED) is 0.420. The van der Waals surface area contributed by atoms with Crippen molar-refractivity contribution in [3.05, 3.63) is 94.0 Å². The summed E-state index contributed by atoms with van der Waals surface area (Å²) in [5.41, 5.74) is 4.03. The number of rotatable bonds is 4. The molecule has 7 heteroatoms. The van der Waals surface area contributed by atoms with Gasteiger partial charge in [-0.15, -0.1) is 5.10 Å². The molecule has 5 nitrogen and oxygen atoms in total. The lowest BCUT2D eigenvalue weighted by atomic mass is 10.1. The first-order chi connectivity index (χ1) is 14.4. The zero-order chi connectivity index (χ0) is 21.3. The number of nitrogens with zero attached hydrogens (tertiary/aromatic N) is 3. The molecule has 1 N–H and O–H groups in total. The van der Waals surface area contributed by atoms with E-state index in [4.69, 9.17) is 0 Å². The molecule has 30 heavy (non-hydrogen) atoms. The normalized spacial score (nSPS) is 10.8. The van der Waals surface area contributed by atoms with Crippen LogP contribution in [0.4, 0.5) is 10.1 Å². The fourth-order valence-electron chi connectivity index (χ4n) is 3.14. The molecule has 0 aliphatic carbocycles. The SMILES string of the molecule is Cc1cccc(C)c1NC(=O)c1nc(-c2ccc(F)cc2)n(-c2ccc(Br)cc2)n1. The number of anilines is 1. The highest BCUT2D eigenvalue weighted by Gasteiger charge is 2.20. The van der Waals surface area contributed by atoms with Gasteiger partial charge in [-0.2, -0.15) is 0 Å². The number of carbonyl (C=O) groups is 1. The summed E-state index contributed by atoms with van der Waals surface area (Å²) < 4.78 is 15.9. The van der Waals surface area contributed by atoms with E-state index in [0.717, 1.165) is 27.0 Å². The average molecular weight is 465 g/mol. The van der Waals surface area contributed by atoms with Gasteiger partial charge in [-0.25, -0.2) is 14.1 Å². The summed E-state index contributed by atoms with van der Waals surface area (Å²) in [4.78, 5) is 17.4. The lowest BCUT2D eigenvalue weighted by Crippen LogP contribution is -2.16. The first kappa shape index (κ1) is 20.0. The Balaban J connectivity index is 1.77. The van der Waals surface area contributed by atoms with E-state index in [1.54, 1.807) is 16.8 Å². The summed E-state index contributed by atoms with van der Waals surface area (Å²) in [5.74, 6) is -0.281. The van der Waals surface area contributed by atoms with Gasteiger partial charge in [0.25, 0.3) is 5.91 Å². The Morgan fingerprint density at radius 3 is 2.23 bits per heavy atom. The second-order valence-electron chi connectivity index (χ2n) is 6.88. The van der Waals surface area contributed by atoms with Crippen LogP contribution in [0.2, 0.25) is 0 Å². The summed E-state index contributed by atoms with van der Waals surface area (Å²) in [6.07, 6.45) is 0. The van der Waals surface area contributed by atoms with Gasteiger partial charge < -0.3 is 5.32 Å². The smallest absolute Gasteiger partial charge is 0.295 e. The van der Waals surface area contributed by atoms with Crippen molar-refractivity contribution in [1.82, 2.24) is 14.8 Å². The van der Waals surface area contributed by atoms with Gasteiger partial charge in [0.2, 0.25) is 5.82 Å². The van der Waals surface area contributed by atoms with Gasteiger partial charge in [0.15, 0.2) is 5.82 Å². The van der Waals surface area contributed by atoms with Gasteiger partial charge >= 0.3 is 0 Å². The fraction of sp³-hybridized carbons (Fsp3) is 0.0870. The molecule has 1 aromatic heterocycles. The van der Waals surface area contributed by atoms with Gasteiger partial charge in [-0.05, 0) is 73.5 Å². The average Bonchev–Trinajstić information content (AvgIpc) is 3.17. The summed E-state index contributed by atoms with van der Waals surface area (Å²) in [7, 11) is 0. The molecule has 4 aromatic rings. The largest absolute Gasteiger partial charge is 0.319 e. The molecule has 0 aliphatic heterocycles. The predicted molar refractivity (Wildman–Crippen MR) is 118 cm³/mol. The molecule has 0 saturated heterocycles. The maximum absolute atomic E-state index is 13.4. The van der Waals surface area contributed by atoms with E-state index < -0.39 is 5.91 Å². The topological polar surface area (TPSA) is 59.8 Å². The van der Waals surface area contributed by atoms with Crippen LogP contribution < -0.4 is 5.32 Å². The van der Waals surface area contributed by atoms with E-state index in [1.807, 2.05) is 56.3 Å². The minimum atomic E-state index is -0.411. The number of benzene rings is 3. The maximum Gasteiger partial charge on any atom is 0.295 e. The first-order valence-corrected chi connectivity index (χ1v) is 10.1. The van der Waals surface area contributed by atoms with Crippen LogP contribution in [0.1, 0.15) is 21.7 Å². The van der Waals surface area contributed by atoms with Crippen molar-refractivity contribution >= 4 is 27.5 Å². The third-order valence-electron chi connectivity index (χ3n) is 4.70. The Labute approximate surface area is 181 Å². The fourth-order valence-corrected chi connectivity index (χ4v) is 3.40. The first-order valence-electron chi connectivity index (χ1n) is 9.29. The highest BCUT2D eigenvalue weighted by Crippen LogP contribution is 2.24. The summed E-state index contributed by atoms with van der Waals surface area (Å²) in [6.45, 7) is 3.86. The second kappa shape index (κ2) is 8.20. The molecule has 0 aliphatic rings. The van der Waals surface area contributed by atoms with Crippen molar-refractivity contribution in [2.75, 3.05) is 5.32 Å². The van der Waals surface area contributed by atoms with Crippen LogP contribution in [0.15, 0.2) is 71.2 Å². The summed E-state index contributed by atoms with van der Waals surface area (Å²) >= 11 is 3.42. The monoisotopic (exact) mass is 464 g/mol. The summed E-state index contributed by atoms with van der Waals surface area (Å²) in [5, 5.41) is 7.36. The minimum Gasteiger partial charge on any atom is -0.319 e. The number of para-hydroxylation sites is 1. The molecule has 0 unspecified atom stereocenters. The molecular formula is C23H18BrFN4O. The third kappa shape index (κ3) is 4.02. The minimum absolute atomic E-state index is 0.0277. The van der Waals surface area contributed by atoms with Crippen LogP contribution in [-0.2, 0) is 0 Å². The molecule has 0 radical (unpaired) electrons. The molecule has 1 heterocycles. The molecule has 3 aromatic carbocycles. The number of amides is 1. The van der Waals surface area contributed by atoms with Crippen LogP contribution in [0.3, 0.4) is 0 Å². The van der Waals surface area contributed by atoms with E-state index in [0.29, 0.717) is 11.4 Å². The molecule has 0 atom stereocenters. The number of halogens is 2. The Kier molecular flexibility index (Phi) is 5.46. The van der Waals surface area contributed by atoms with E-state index in [9.17, 15) is 9.18 Å². The number of carbonyl (C=O) groups excluding carboxylic acids is 1. The number of hydrogen-bond donors (Lipinski definition) is 1. The lowest BCUT2D eigenvalue weighted by Gasteiger charge is -2.09. The van der Waals surface area contributed by atoms with Crippen molar-refractivity contribution < 1.29 is 9.18 Å². The standard InChI is InChI=1S/C23H18BrFN4O/c1-14-4-3-5-15(2)20(14)26-23(30)21-27-22(16-6-10-18(25)11-7-16)29(28-21)19-12-8-17(24)9-13-19/h3-13H,1-2H3,(H,26,30). The Hall–Kier alpha value is -3.32. The predicted octanol–water partition coefficient (Wildman–Crippen LogP) is 5.71. The van der Waals surface area contributed by atoms with Crippen molar-refractivity contribution in [1.29, 1.82) is 0 Å². The molecule has 1 amide bonds. The number of aryl methyl sites for hydroxylation is 2. The van der Waals surface area contributed by atoms with Gasteiger partial charge in [-0.1, -0.05) is 34.1 Å². The third-order valence-corrected chi connectivity index (χ3v) is 5.23. The van der Waals surface area contributed by atoms with Crippen LogP contribution >= 0.6 is 15.9 Å². The van der Waals surface area contributed by atoms with Crippen LogP contribution in [0, 0.1) is 19.7 Å². The zero-order valence-corrected chi connectivity index (χ0v) is 17.9. The Morgan fingerprint density at radius 2 is 1.60 bits per heavy atom. The van der Waals surface area contributed by atoms with Gasteiger partial charge in [0, 0.05) is 15.7 Å². The maximum atomic E-state index is 13.4. The van der Waals surface area contributed by atoms with Gasteiger partial charge in [0.1, 0.15) is 5.82 Å². The molecule has 150 valence electrons. The Bertz CT molecular complexity index is 1130. The molecular weight excluding hydrogens is 447 g/mol. The number of nitrogens with one attached hydrogen (secondary N) is 1. The van der Waals surface area contributed by atoms with Gasteiger partial charge in [0.05, 0.1) is 5.69 Å². The van der Waals surface area contributed by atoms with E-state index >= 15 is 0 Å². The van der Waals surface area contributed by atoms with E-state index in [-0.39, 0.29) is 11.6 Å². The van der Waals surface area contributed by atoms with Gasteiger partial charge in [-0.3, -0.25) is 4.79 Å². The molecule has 4 rings (SSSR count). The number of aromatic nitrogens is 3. The van der Waals surface area contributed by atoms with E-state index in [1.165, 1.54) is 12.1 Å². The van der Waals surface area contributed by atoms with E-state index in [2.05, 4.69) is 31.3 Å². The van der Waals surface area contributed by atoms with Crippen LogP contribution in [0.25, 0.3) is 17.1 Å². The van der Waals surface area contributed by atoms with Crippen molar-refractivity contribution in [3.8, 4) is 17.1 Å². The molecule has 0 saturated carbocycles. The van der Waals surface area contributed by atoms with Crippen molar-refractivity contribution in [3.63, 3.8) is 0 Å². The highest BCUT2D eigenvalue weighted by molar-refractivity contribution is 9.10.